The number of primary amides is 1. The third-order valence-corrected chi connectivity index (χ3v) is 6.69. The van der Waals surface area contributed by atoms with Gasteiger partial charge >= 0.3 is 6.03 Å². The van der Waals surface area contributed by atoms with Crippen LogP contribution in [0.25, 0.3) is 5.78 Å². The number of anilines is 1. The number of carbonyl (C=O) groups is 3. The van der Waals surface area contributed by atoms with Crippen LogP contribution in [-0.4, -0.2) is 74.2 Å². The topological polar surface area (TPSA) is 160 Å². The second-order valence-electron chi connectivity index (χ2n) is 9.12. The summed E-state index contributed by atoms with van der Waals surface area (Å²) in [6.45, 7) is 3.34. The van der Waals surface area contributed by atoms with Gasteiger partial charge in [-0.25, -0.2) is 9.78 Å². The van der Waals surface area contributed by atoms with E-state index < -0.39 is 24.0 Å². The number of rotatable bonds is 7. The zero-order chi connectivity index (χ0) is 25.9. The van der Waals surface area contributed by atoms with Crippen LogP contribution in [0.3, 0.4) is 0 Å². The first-order valence-corrected chi connectivity index (χ1v) is 12.2. The van der Waals surface area contributed by atoms with Crippen molar-refractivity contribution in [1.82, 2.24) is 35.1 Å². The van der Waals surface area contributed by atoms with Gasteiger partial charge in [0.25, 0.3) is 11.7 Å². The van der Waals surface area contributed by atoms with Gasteiger partial charge < -0.3 is 30.9 Å². The molecule has 0 radical (unpaired) electrons. The highest BCUT2D eigenvalue weighted by Crippen LogP contribution is 2.30. The molecule has 1 fully saturated rings. The largest absolute Gasteiger partial charge is 0.491 e. The van der Waals surface area contributed by atoms with E-state index in [4.69, 9.17) is 10.5 Å². The molecule has 0 aliphatic carbocycles. The fraction of sp³-hybridized carbons (Fsp3) is 0.417. The van der Waals surface area contributed by atoms with E-state index in [0.717, 1.165) is 36.3 Å². The van der Waals surface area contributed by atoms with Gasteiger partial charge in [0, 0.05) is 38.3 Å². The molecule has 3 aromatic rings. The highest BCUT2D eigenvalue weighted by molar-refractivity contribution is 5.90. The number of urea groups is 1. The number of carbonyl (C=O) groups excluding carboxylic acids is 3. The summed E-state index contributed by atoms with van der Waals surface area (Å²) in [5, 5.41) is 9.06. The Bertz CT molecular complexity index is 1310. The minimum Gasteiger partial charge on any atom is -0.491 e. The Morgan fingerprint density at radius 2 is 2.05 bits per heavy atom. The lowest BCUT2D eigenvalue weighted by Gasteiger charge is -2.33. The Morgan fingerprint density at radius 1 is 1.19 bits per heavy atom. The molecular formula is C24H29N9O4. The second kappa shape index (κ2) is 10.3. The number of ether oxygens (including phenoxy) is 1. The number of aromatic nitrogens is 4. The highest BCUT2D eigenvalue weighted by atomic mass is 16.5. The van der Waals surface area contributed by atoms with Crippen molar-refractivity contribution >= 4 is 29.4 Å². The van der Waals surface area contributed by atoms with Crippen molar-refractivity contribution in [3.05, 3.63) is 47.9 Å². The number of hydrogen-bond donors (Lipinski definition) is 3. The summed E-state index contributed by atoms with van der Waals surface area (Å²) in [6.07, 6.45) is 4.61. The molecule has 2 atom stereocenters. The predicted molar refractivity (Wildman–Crippen MR) is 133 cm³/mol. The normalized spacial score (nSPS) is 17.8. The Morgan fingerprint density at radius 3 is 2.86 bits per heavy atom. The number of benzene rings is 1. The predicted octanol–water partition coefficient (Wildman–Crippen LogP) is 0.187. The number of nitrogens with zero attached hydrogens (tertiary/aromatic N) is 6. The summed E-state index contributed by atoms with van der Waals surface area (Å²) in [6, 6.07) is 7.05. The SMILES string of the molecule is CC(=O)N[C@@H](NC(N)=O)C(=O)N1CCc2cccc(OC[C@H]3CCCN3c3ccnc4ncnn34)c2C1. The third kappa shape index (κ3) is 5.10. The third-order valence-electron chi connectivity index (χ3n) is 6.69. The van der Waals surface area contributed by atoms with Crippen LogP contribution < -0.4 is 26.0 Å². The quantitative estimate of drug-likeness (QED) is 0.382. The van der Waals surface area contributed by atoms with Crippen LogP contribution >= 0.6 is 0 Å². The Balaban J connectivity index is 1.31. The molecule has 4 N–H and O–H groups in total. The number of amides is 4. The average molecular weight is 508 g/mol. The van der Waals surface area contributed by atoms with Crippen molar-refractivity contribution in [3.8, 4) is 5.75 Å². The molecule has 0 saturated carbocycles. The summed E-state index contributed by atoms with van der Waals surface area (Å²) in [7, 11) is 0. The number of nitrogens with one attached hydrogen (secondary N) is 2. The van der Waals surface area contributed by atoms with Crippen LogP contribution in [0, 0.1) is 0 Å². The molecule has 13 nitrogen and oxygen atoms in total. The van der Waals surface area contributed by atoms with Crippen molar-refractivity contribution in [2.24, 2.45) is 5.73 Å². The van der Waals surface area contributed by atoms with E-state index in [1.54, 1.807) is 15.6 Å². The first-order chi connectivity index (χ1) is 17.9. The van der Waals surface area contributed by atoms with Crippen LogP contribution in [0.1, 0.15) is 30.9 Å². The molecule has 0 bridgehead atoms. The smallest absolute Gasteiger partial charge is 0.314 e. The van der Waals surface area contributed by atoms with E-state index in [1.807, 2.05) is 24.3 Å². The molecule has 5 rings (SSSR count). The van der Waals surface area contributed by atoms with Gasteiger partial charge in [0.1, 0.15) is 24.5 Å². The van der Waals surface area contributed by atoms with Crippen LogP contribution in [0.15, 0.2) is 36.8 Å². The van der Waals surface area contributed by atoms with Gasteiger partial charge in [-0.3, -0.25) is 9.59 Å². The van der Waals surface area contributed by atoms with Crippen LogP contribution in [0.2, 0.25) is 0 Å². The summed E-state index contributed by atoms with van der Waals surface area (Å²) in [5.74, 6) is 1.29. The van der Waals surface area contributed by atoms with Crippen LogP contribution in [-0.2, 0) is 22.6 Å². The molecule has 4 heterocycles. The molecule has 13 heteroatoms. The maximum Gasteiger partial charge on any atom is 0.314 e. The lowest BCUT2D eigenvalue weighted by Crippen LogP contribution is -2.58. The van der Waals surface area contributed by atoms with Crippen molar-refractivity contribution in [2.75, 3.05) is 24.6 Å². The number of nitrogens with two attached hydrogens (primary N) is 1. The summed E-state index contributed by atoms with van der Waals surface area (Å²) in [5.41, 5.74) is 7.22. The van der Waals surface area contributed by atoms with E-state index in [-0.39, 0.29) is 6.04 Å². The number of hydrogen-bond acceptors (Lipinski definition) is 8. The van der Waals surface area contributed by atoms with Gasteiger partial charge in [0.15, 0.2) is 6.17 Å². The van der Waals surface area contributed by atoms with Crippen molar-refractivity contribution in [3.63, 3.8) is 0 Å². The highest BCUT2D eigenvalue weighted by Gasteiger charge is 2.31. The first-order valence-electron chi connectivity index (χ1n) is 12.2. The zero-order valence-corrected chi connectivity index (χ0v) is 20.5. The van der Waals surface area contributed by atoms with Crippen LogP contribution in [0.4, 0.5) is 10.6 Å². The van der Waals surface area contributed by atoms with Gasteiger partial charge in [-0.2, -0.15) is 14.6 Å². The molecule has 194 valence electrons. The molecule has 1 saturated heterocycles. The minimum atomic E-state index is -1.23. The Hall–Kier alpha value is -4.42. The van der Waals surface area contributed by atoms with E-state index in [0.29, 0.717) is 37.6 Å². The Kier molecular flexibility index (Phi) is 6.75. The van der Waals surface area contributed by atoms with E-state index in [1.165, 1.54) is 13.3 Å². The van der Waals surface area contributed by atoms with E-state index in [2.05, 4.69) is 30.6 Å². The molecule has 0 unspecified atom stereocenters. The molecule has 2 aliphatic heterocycles. The molecular weight excluding hydrogens is 478 g/mol. The second-order valence-corrected chi connectivity index (χ2v) is 9.12. The minimum absolute atomic E-state index is 0.135. The van der Waals surface area contributed by atoms with Gasteiger partial charge in [0.2, 0.25) is 5.91 Å². The van der Waals surface area contributed by atoms with E-state index in [9.17, 15) is 14.4 Å². The van der Waals surface area contributed by atoms with Gasteiger partial charge in [-0.15, -0.1) is 0 Å². The first kappa shape index (κ1) is 24.3. The maximum atomic E-state index is 13.1. The van der Waals surface area contributed by atoms with Gasteiger partial charge in [0.05, 0.1) is 6.04 Å². The molecule has 2 aliphatic rings. The fourth-order valence-electron chi connectivity index (χ4n) is 5.00. The van der Waals surface area contributed by atoms with Crippen molar-refractivity contribution < 1.29 is 19.1 Å². The zero-order valence-electron chi connectivity index (χ0n) is 20.5. The van der Waals surface area contributed by atoms with Crippen molar-refractivity contribution in [1.29, 1.82) is 0 Å². The fourth-order valence-corrected chi connectivity index (χ4v) is 5.00. The molecule has 0 spiro atoms. The summed E-state index contributed by atoms with van der Waals surface area (Å²) >= 11 is 0. The lowest BCUT2D eigenvalue weighted by atomic mass is 9.98. The Labute approximate surface area is 213 Å². The molecule has 1 aromatic carbocycles. The monoisotopic (exact) mass is 507 g/mol. The molecule has 37 heavy (non-hydrogen) atoms. The van der Waals surface area contributed by atoms with Gasteiger partial charge in [-0.05, 0) is 37.0 Å². The number of fused-ring (bicyclic) bond motifs is 2. The van der Waals surface area contributed by atoms with Crippen LogP contribution in [0.5, 0.6) is 5.75 Å². The summed E-state index contributed by atoms with van der Waals surface area (Å²) in [4.78, 5) is 48.3. The lowest BCUT2D eigenvalue weighted by molar-refractivity contribution is -0.137. The van der Waals surface area contributed by atoms with E-state index >= 15 is 0 Å². The molecule has 4 amide bonds. The average Bonchev–Trinajstić information content (AvgIpc) is 3.55. The summed E-state index contributed by atoms with van der Waals surface area (Å²) < 4.78 is 8.09. The maximum absolute atomic E-state index is 13.1. The molecule has 2 aromatic heterocycles. The van der Waals surface area contributed by atoms with Gasteiger partial charge in [-0.1, -0.05) is 12.1 Å². The van der Waals surface area contributed by atoms with Crippen molar-refractivity contribution in [2.45, 2.75) is 44.9 Å². The standard InChI is InChI=1S/C24H29N9O4/c1-15(34)29-21(30-23(25)36)22(35)31-11-8-16-4-2-6-19(18(16)12-31)37-13-17-5-3-10-32(17)20-7-9-26-24-27-14-28-33(20)24/h2,4,6-7,9,14,17,21H,3,5,8,10-13H2,1H3,(H,29,34)(H3,25,30,36)/t17-,21+/m1/s1.